The Balaban J connectivity index is 1.90. The van der Waals surface area contributed by atoms with Crippen molar-refractivity contribution in [3.8, 4) is 0 Å². The number of nitrogen functional groups attached to an aromatic ring is 1. The first-order chi connectivity index (χ1) is 12.7. The zero-order valence-corrected chi connectivity index (χ0v) is 15.9. The molecule has 0 radical (unpaired) electrons. The molecular weight excluding hydrogens is 381 g/mol. The van der Waals surface area contributed by atoms with Gasteiger partial charge in [-0.15, -0.1) is 0 Å². The molecule has 0 amide bonds. The van der Waals surface area contributed by atoms with Crippen molar-refractivity contribution in [3.63, 3.8) is 0 Å². The van der Waals surface area contributed by atoms with Crippen LogP contribution in [0, 0.1) is 0 Å². The molecule has 1 aliphatic heterocycles. The summed E-state index contributed by atoms with van der Waals surface area (Å²) in [4.78, 5) is 25.1. The third-order valence-corrected chi connectivity index (χ3v) is 5.10. The molecule has 0 spiro atoms. The zero-order chi connectivity index (χ0) is 20.0. The SMILES string of the molecule is CCCCCCOP(=O)(O)OCC1OC(n2ccc(N)nc2=O)C(O)C1O. The second-order valence-electron chi connectivity index (χ2n) is 6.25. The van der Waals surface area contributed by atoms with Gasteiger partial charge in [0.2, 0.25) is 0 Å². The lowest BCUT2D eigenvalue weighted by Crippen LogP contribution is -2.36. The molecule has 2 heterocycles. The average Bonchev–Trinajstić information content (AvgIpc) is 2.88. The molecular formula is C15H26N3O8P. The molecule has 1 aromatic rings. The number of aromatic nitrogens is 2. The van der Waals surface area contributed by atoms with Crippen molar-refractivity contribution in [2.45, 2.75) is 57.1 Å². The van der Waals surface area contributed by atoms with Gasteiger partial charge in [-0.25, -0.2) is 9.36 Å². The van der Waals surface area contributed by atoms with Gasteiger partial charge in [0.05, 0.1) is 13.2 Å². The second kappa shape index (κ2) is 9.74. The fourth-order valence-electron chi connectivity index (χ4n) is 2.63. The predicted octanol–water partition coefficient (Wildman–Crippen LogP) is 0.159. The third-order valence-electron chi connectivity index (χ3n) is 4.12. The molecule has 11 nitrogen and oxygen atoms in total. The quantitative estimate of drug-likeness (QED) is 0.310. The summed E-state index contributed by atoms with van der Waals surface area (Å²) in [7, 11) is -4.32. The number of anilines is 1. The zero-order valence-electron chi connectivity index (χ0n) is 15.0. The third kappa shape index (κ3) is 6.08. The maximum absolute atomic E-state index is 11.9. The van der Waals surface area contributed by atoms with Gasteiger partial charge in [0.1, 0.15) is 24.1 Å². The lowest BCUT2D eigenvalue weighted by atomic mass is 10.1. The summed E-state index contributed by atoms with van der Waals surface area (Å²) in [5.41, 5.74) is 4.64. The van der Waals surface area contributed by atoms with Gasteiger partial charge in [-0.2, -0.15) is 4.98 Å². The van der Waals surface area contributed by atoms with E-state index in [1.165, 1.54) is 12.3 Å². The molecule has 12 heteroatoms. The molecule has 5 unspecified atom stereocenters. The Labute approximate surface area is 156 Å². The molecule has 5 N–H and O–H groups in total. The van der Waals surface area contributed by atoms with Crippen molar-refractivity contribution >= 4 is 13.6 Å². The van der Waals surface area contributed by atoms with E-state index in [1.54, 1.807) is 0 Å². The van der Waals surface area contributed by atoms with Crippen LogP contribution in [-0.2, 0) is 18.3 Å². The normalized spacial score (nSPS) is 27.6. The number of unbranched alkanes of at least 4 members (excludes halogenated alkanes) is 3. The van der Waals surface area contributed by atoms with Gasteiger partial charge in [0, 0.05) is 6.20 Å². The molecule has 0 bridgehead atoms. The number of phosphoric ester groups is 1. The number of hydrogen-bond donors (Lipinski definition) is 4. The summed E-state index contributed by atoms with van der Waals surface area (Å²) in [6, 6.07) is 1.34. The van der Waals surface area contributed by atoms with Crippen LogP contribution in [0.1, 0.15) is 38.8 Å². The predicted molar refractivity (Wildman–Crippen MR) is 94.7 cm³/mol. The Hall–Kier alpha value is -1.33. The molecule has 154 valence electrons. The van der Waals surface area contributed by atoms with Crippen molar-refractivity contribution in [2.24, 2.45) is 0 Å². The largest absolute Gasteiger partial charge is 0.472 e. The van der Waals surface area contributed by atoms with Crippen LogP contribution in [0.5, 0.6) is 0 Å². The minimum atomic E-state index is -4.32. The smallest absolute Gasteiger partial charge is 0.387 e. The number of aliphatic hydroxyl groups is 2. The van der Waals surface area contributed by atoms with E-state index in [0.717, 1.165) is 23.8 Å². The van der Waals surface area contributed by atoms with Crippen molar-refractivity contribution in [2.75, 3.05) is 18.9 Å². The van der Waals surface area contributed by atoms with Crippen LogP contribution in [0.25, 0.3) is 0 Å². The van der Waals surface area contributed by atoms with Crippen molar-refractivity contribution in [1.29, 1.82) is 0 Å². The van der Waals surface area contributed by atoms with Crippen molar-refractivity contribution in [3.05, 3.63) is 22.7 Å². The number of aliphatic hydroxyl groups excluding tert-OH is 2. The van der Waals surface area contributed by atoms with Gasteiger partial charge in [-0.05, 0) is 12.5 Å². The number of nitrogens with zero attached hydrogens (tertiary/aromatic N) is 2. The molecule has 0 aliphatic carbocycles. The molecule has 5 atom stereocenters. The maximum Gasteiger partial charge on any atom is 0.472 e. The highest BCUT2D eigenvalue weighted by Crippen LogP contribution is 2.44. The van der Waals surface area contributed by atoms with E-state index in [2.05, 4.69) is 4.98 Å². The molecule has 2 rings (SSSR count). The lowest BCUT2D eigenvalue weighted by molar-refractivity contribution is -0.0551. The van der Waals surface area contributed by atoms with Crippen molar-refractivity contribution in [1.82, 2.24) is 9.55 Å². The first kappa shape index (κ1) is 22.0. The van der Waals surface area contributed by atoms with Crippen LogP contribution in [0.4, 0.5) is 5.82 Å². The lowest BCUT2D eigenvalue weighted by Gasteiger charge is -2.17. The summed E-state index contributed by atoms with van der Waals surface area (Å²) >= 11 is 0. The van der Waals surface area contributed by atoms with Crippen LogP contribution in [-0.4, -0.2) is 56.2 Å². The van der Waals surface area contributed by atoms with Gasteiger partial charge in [-0.3, -0.25) is 13.6 Å². The number of phosphoric acid groups is 1. The van der Waals surface area contributed by atoms with Crippen LogP contribution < -0.4 is 11.4 Å². The van der Waals surface area contributed by atoms with E-state index in [0.29, 0.717) is 6.42 Å². The van der Waals surface area contributed by atoms with Crippen LogP contribution in [0.3, 0.4) is 0 Å². The minimum Gasteiger partial charge on any atom is -0.387 e. The Morgan fingerprint density at radius 1 is 1.30 bits per heavy atom. The highest BCUT2D eigenvalue weighted by molar-refractivity contribution is 7.47. The Bertz CT molecular complexity index is 715. The molecule has 0 saturated carbocycles. The molecule has 1 fully saturated rings. The van der Waals surface area contributed by atoms with E-state index < -0.39 is 44.7 Å². The van der Waals surface area contributed by atoms with E-state index in [1.807, 2.05) is 6.92 Å². The molecule has 27 heavy (non-hydrogen) atoms. The maximum atomic E-state index is 11.9. The molecule has 1 aliphatic rings. The molecule has 1 aromatic heterocycles. The Morgan fingerprint density at radius 3 is 2.70 bits per heavy atom. The van der Waals surface area contributed by atoms with Crippen LogP contribution in [0.2, 0.25) is 0 Å². The fourth-order valence-corrected chi connectivity index (χ4v) is 3.40. The Morgan fingerprint density at radius 2 is 2.04 bits per heavy atom. The summed E-state index contributed by atoms with van der Waals surface area (Å²) < 4.78 is 27.9. The number of rotatable bonds is 10. The van der Waals surface area contributed by atoms with Gasteiger partial charge < -0.3 is 25.6 Å². The van der Waals surface area contributed by atoms with Crippen LogP contribution >= 0.6 is 7.82 Å². The monoisotopic (exact) mass is 407 g/mol. The van der Waals surface area contributed by atoms with Crippen molar-refractivity contribution < 1.29 is 33.5 Å². The average molecular weight is 407 g/mol. The van der Waals surface area contributed by atoms with E-state index in [-0.39, 0.29) is 12.4 Å². The van der Waals surface area contributed by atoms with Gasteiger partial charge in [0.15, 0.2) is 6.23 Å². The Kier molecular flexibility index (Phi) is 7.92. The summed E-state index contributed by atoms with van der Waals surface area (Å²) in [5, 5.41) is 20.2. The van der Waals surface area contributed by atoms with Gasteiger partial charge in [0.25, 0.3) is 0 Å². The summed E-state index contributed by atoms with van der Waals surface area (Å²) in [6.45, 7) is 1.61. The van der Waals surface area contributed by atoms with Gasteiger partial charge >= 0.3 is 13.5 Å². The number of ether oxygens (including phenoxy) is 1. The summed E-state index contributed by atoms with van der Waals surface area (Å²) in [5.74, 6) is 0.00136. The first-order valence-electron chi connectivity index (χ1n) is 8.73. The fraction of sp³-hybridized carbons (Fsp3) is 0.733. The van der Waals surface area contributed by atoms with E-state index in [4.69, 9.17) is 19.5 Å². The number of nitrogens with two attached hydrogens (primary N) is 1. The number of hydrogen-bond acceptors (Lipinski definition) is 9. The van der Waals surface area contributed by atoms with E-state index in [9.17, 15) is 24.5 Å². The topological polar surface area (TPSA) is 166 Å². The molecule has 0 aromatic carbocycles. The minimum absolute atomic E-state index is 0.00136. The first-order valence-corrected chi connectivity index (χ1v) is 10.2. The second-order valence-corrected chi connectivity index (χ2v) is 7.70. The van der Waals surface area contributed by atoms with Gasteiger partial charge in [-0.1, -0.05) is 26.2 Å². The highest BCUT2D eigenvalue weighted by atomic mass is 31.2. The summed E-state index contributed by atoms with van der Waals surface area (Å²) in [6.07, 6.45) is -0.483. The highest BCUT2D eigenvalue weighted by Gasteiger charge is 2.45. The van der Waals surface area contributed by atoms with Crippen LogP contribution in [0.15, 0.2) is 17.1 Å². The standard InChI is InChI=1S/C15H26N3O8P/c1-2-3-4-5-8-24-27(22,23)25-9-10-12(19)13(20)14(26-10)18-7-6-11(16)17-15(18)21/h6-7,10,12-14,19-20H,2-5,8-9H2,1H3,(H,22,23)(H2,16,17,21). The molecule has 1 saturated heterocycles. The van der Waals surface area contributed by atoms with E-state index >= 15 is 0 Å².